The van der Waals surface area contributed by atoms with Crippen molar-refractivity contribution < 1.29 is 4.79 Å². The highest BCUT2D eigenvalue weighted by Gasteiger charge is 2.14. The van der Waals surface area contributed by atoms with Gasteiger partial charge in [0.05, 0.1) is 28.3 Å². The topological polar surface area (TPSA) is 95.7 Å². The van der Waals surface area contributed by atoms with E-state index < -0.39 is 5.91 Å². The summed E-state index contributed by atoms with van der Waals surface area (Å²) in [6.07, 6.45) is 1.57. The fourth-order valence-electron chi connectivity index (χ4n) is 2.10. The number of carbonyl (C=O) groups excluding carboxylic acids is 1. The number of nitriles is 1. The van der Waals surface area contributed by atoms with Gasteiger partial charge in [-0.1, -0.05) is 23.7 Å². The summed E-state index contributed by atoms with van der Waals surface area (Å²) in [6, 6.07) is 10.3. The highest BCUT2D eigenvalue weighted by molar-refractivity contribution is 6.30. The van der Waals surface area contributed by atoms with Crippen LogP contribution in [0.1, 0.15) is 34.5 Å². The number of nitrogens with zero attached hydrogens (tertiary/aromatic N) is 2. The predicted octanol–water partition coefficient (Wildman–Crippen LogP) is 2.62. The maximum Gasteiger partial charge on any atom is 0.252 e. The molecule has 0 bridgehead atoms. The molecule has 1 amide bonds. The van der Waals surface area contributed by atoms with Crippen LogP contribution in [0.5, 0.6) is 0 Å². The molecule has 2 rings (SSSR count). The van der Waals surface area contributed by atoms with Crippen molar-refractivity contribution in [3.8, 4) is 6.07 Å². The highest BCUT2D eigenvalue weighted by atomic mass is 35.5. The lowest BCUT2D eigenvalue weighted by atomic mass is 10.0. The van der Waals surface area contributed by atoms with Crippen LogP contribution in [-0.2, 0) is 0 Å². The monoisotopic (exact) mass is 336 g/mol. The van der Waals surface area contributed by atoms with Crippen molar-refractivity contribution >= 4 is 29.9 Å². The molecule has 5 nitrogen and oxygen atoms in total. The van der Waals surface area contributed by atoms with Gasteiger partial charge in [0.2, 0.25) is 0 Å². The number of primary amides is 1. The Kier molecular flexibility index (Phi) is 5.75. The first-order chi connectivity index (χ1) is 9.93. The molecule has 0 aliphatic carbocycles. The summed E-state index contributed by atoms with van der Waals surface area (Å²) in [5.74, 6) is -0.700. The normalized spacial score (nSPS) is 11.1. The number of pyridine rings is 1. The maximum absolute atomic E-state index is 11.4. The smallest absolute Gasteiger partial charge is 0.252 e. The number of benzene rings is 1. The van der Waals surface area contributed by atoms with Gasteiger partial charge in [0.1, 0.15) is 5.49 Å². The van der Waals surface area contributed by atoms with Gasteiger partial charge in [-0.15, -0.1) is 12.4 Å². The molecule has 1 aromatic heterocycles. The van der Waals surface area contributed by atoms with Crippen LogP contribution in [0.3, 0.4) is 0 Å². The van der Waals surface area contributed by atoms with Gasteiger partial charge in [-0.25, -0.2) is 0 Å². The standard InChI is InChI=1S/C15H13ClN4O.ClH/c1-9(11-4-2-3-10(5-11)7-17)20-8-12(16)6-13(14(20)18)15(19)21;/h2-6,8-9,18H,1H3,(H2,19,21);1H/t9-;/m1./s1. The van der Waals surface area contributed by atoms with Crippen LogP contribution < -0.4 is 11.2 Å². The summed E-state index contributed by atoms with van der Waals surface area (Å²) in [6.45, 7) is 1.86. The van der Waals surface area contributed by atoms with Gasteiger partial charge in [0.15, 0.2) is 0 Å². The number of halogens is 2. The summed E-state index contributed by atoms with van der Waals surface area (Å²) in [5.41, 5.74) is 6.68. The molecular formula is C15H14Cl2N4O. The fourth-order valence-corrected chi connectivity index (χ4v) is 2.32. The Labute approximate surface area is 138 Å². The minimum atomic E-state index is -0.700. The molecule has 0 fully saturated rings. The Morgan fingerprint density at radius 1 is 1.45 bits per heavy atom. The molecule has 7 heteroatoms. The number of carbonyl (C=O) groups is 1. The number of nitrogens with one attached hydrogen (secondary N) is 1. The van der Waals surface area contributed by atoms with Gasteiger partial charge in [-0.05, 0) is 30.7 Å². The van der Waals surface area contributed by atoms with Gasteiger partial charge < -0.3 is 10.3 Å². The molecular weight excluding hydrogens is 323 g/mol. The summed E-state index contributed by atoms with van der Waals surface area (Å²) < 4.78 is 1.55. The van der Waals surface area contributed by atoms with Crippen molar-refractivity contribution in [2.75, 3.05) is 0 Å². The third-order valence-electron chi connectivity index (χ3n) is 3.24. The zero-order valence-electron chi connectivity index (χ0n) is 11.7. The Morgan fingerprint density at radius 3 is 2.73 bits per heavy atom. The van der Waals surface area contributed by atoms with Crippen molar-refractivity contribution in [1.29, 1.82) is 10.7 Å². The van der Waals surface area contributed by atoms with Gasteiger partial charge in [-0.2, -0.15) is 5.26 Å². The summed E-state index contributed by atoms with van der Waals surface area (Å²) in [5, 5.41) is 17.4. The molecule has 0 saturated carbocycles. The molecule has 1 aromatic carbocycles. The van der Waals surface area contributed by atoms with E-state index in [4.69, 9.17) is 28.0 Å². The number of amides is 1. The third kappa shape index (κ3) is 3.48. The lowest BCUT2D eigenvalue weighted by molar-refractivity contribution is 0.0997. The molecule has 0 radical (unpaired) electrons. The molecule has 22 heavy (non-hydrogen) atoms. The molecule has 0 unspecified atom stereocenters. The second-order valence-electron chi connectivity index (χ2n) is 4.61. The summed E-state index contributed by atoms with van der Waals surface area (Å²) in [4.78, 5) is 11.4. The van der Waals surface area contributed by atoms with Crippen LogP contribution in [0.2, 0.25) is 5.02 Å². The maximum atomic E-state index is 11.4. The van der Waals surface area contributed by atoms with E-state index in [9.17, 15) is 4.79 Å². The van der Waals surface area contributed by atoms with E-state index in [0.29, 0.717) is 10.6 Å². The van der Waals surface area contributed by atoms with Gasteiger partial charge in [0, 0.05) is 6.20 Å². The minimum Gasteiger partial charge on any atom is -0.365 e. The first kappa shape index (κ1) is 17.8. The molecule has 0 aliphatic rings. The van der Waals surface area contributed by atoms with Gasteiger partial charge >= 0.3 is 0 Å². The molecule has 1 heterocycles. The van der Waals surface area contributed by atoms with Gasteiger partial charge in [-0.3, -0.25) is 10.2 Å². The fraction of sp³-hybridized carbons (Fsp3) is 0.133. The van der Waals surface area contributed by atoms with Crippen LogP contribution in [0.4, 0.5) is 0 Å². The van der Waals surface area contributed by atoms with E-state index in [1.165, 1.54) is 6.07 Å². The average molecular weight is 337 g/mol. The van der Waals surface area contributed by atoms with Crippen LogP contribution >= 0.6 is 24.0 Å². The first-order valence-electron chi connectivity index (χ1n) is 6.20. The Balaban J connectivity index is 0.00000242. The molecule has 3 N–H and O–H groups in total. The van der Waals surface area contributed by atoms with E-state index >= 15 is 0 Å². The number of hydrogen-bond donors (Lipinski definition) is 2. The Bertz CT molecular complexity index is 808. The van der Waals surface area contributed by atoms with Crippen molar-refractivity contribution in [2.24, 2.45) is 5.73 Å². The first-order valence-corrected chi connectivity index (χ1v) is 6.58. The number of rotatable bonds is 3. The SMILES string of the molecule is C[C@H](c1cccc(C#N)c1)n1cc(Cl)cc(C(N)=O)c1=N.Cl. The van der Waals surface area contributed by atoms with Gasteiger partial charge in [0.25, 0.3) is 5.91 Å². The zero-order valence-corrected chi connectivity index (χ0v) is 13.3. The van der Waals surface area contributed by atoms with Crippen LogP contribution in [0.25, 0.3) is 0 Å². The highest BCUT2D eigenvalue weighted by Crippen LogP contribution is 2.19. The van der Waals surface area contributed by atoms with Crippen molar-refractivity contribution in [3.63, 3.8) is 0 Å². The van der Waals surface area contributed by atoms with Crippen LogP contribution in [-0.4, -0.2) is 10.5 Å². The van der Waals surface area contributed by atoms with Crippen LogP contribution in [0, 0.1) is 16.7 Å². The van der Waals surface area contributed by atoms with E-state index in [0.717, 1.165) is 5.56 Å². The second-order valence-corrected chi connectivity index (χ2v) is 5.04. The van der Waals surface area contributed by atoms with Crippen LogP contribution in [0.15, 0.2) is 36.5 Å². The molecule has 0 aliphatic heterocycles. The number of nitrogens with two attached hydrogens (primary N) is 1. The molecule has 0 spiro atoms. The second kappa shape index (κ2) is 7.12. The van der Waals surface area contributed by atoms with E-state index in [2.05, 4.69) is 6.07 Å². The Hall–Kier alpha value is -2.29. The lowest BCUT2D eigenvalue weighted by Crippen LogP contribution is -2.31. The number of aromatic nitrogens is 1. The molecule has 1 atom stereocenters. The number of hydrogen-bond acceptors (Lipinski definition) is 3. The van der Waals surface area contributed by atoms with E-state index in [1.807, 2.05) is 13.0 Å². The van der Waals surface area contributed by atoms with E-state index in [-0.39, 0.29) is 29.5 Å². The average Bonchev–Trinajstić information content (AvgIpc) is 2.48. The molecule has 114 valence electrons. The molecule has 2 aromatic rings. The molecule has 0 saturated heterocycles. The Morgan fingerprint density at radius 2 is 2.14 bits per heavy atom. The lowest BCUT2D eigenvalue weighted by Gasteiger charge is -2.18. The zero-order chi connectivity index (χ0) is 15.6. The summed E-state index contributed by atoms with van der Waals surface area (Å²) in [7, 11) is 0. The third-order valence-corrected chi connectivity index (χ3v) is 3.45. The predicted molar refractivity (Wildman–Crippen MR) is 86.0 cm³/mol. The van der Waals surface area contributed by atoms with Crippen molar-refractivity contribution in [2.45, 2.75) is 13.0 Å². The van der Waals surface area contributed by atoms with E-state index in [1.54, 1.807) is 29.0 Å². The minimum absolute atomic E-state index is 0. The van der Waals surface area contributed by atoms with Crippen molar-refractivity contribution in [3.05, 3.63) is 63.7 Å². The van der Waals surface area contributed by atoms with Crippen molar-refractivity contribution in [1.82, 2.24) is 4.57 Å². The largest absolute Gasteiger partial charge is 0.365 e. The summed E-state index contributed by atoms with van der Waals surface area (Å²) >= 11 is 5.99. The quantitative estimate of drug-likeness (QED) is 0.900.